The molecule has 0 bridgehead atoms. The van der Waals surface area contributed by atoms with E-state index in [0.29, 0.717) is 0 Å². The first kappa shape index (κ1) is 7.65. The molecule has 11 heavy (non-hydrogen) atoms. The molecule has 0 aliphatic heterocycles. The molecule has 0 saturated heterocycles. The van der Waals surface area contributed by atoms with Gasteiger partial charge in [0, 0.05) is 0 Å². The van der Waals surface area contributed by atoms with E-state index in [1.165, 1.54) is 0 Å². The van der Waals surface area contributed by atoms with Gasteiger partial charge in [-0.1, -0.05) is 0 Å². The predicted octanol–water partition coefficient (Wildman–Crippen LogP) is 0.614. The molecule has 0 spiro atoms. The van der Waals surface area contributed by atoms with Crippen LogP contribution >= 0.6 is 0 Å². The van der Waals surface area contributed by atoms with E-state index >= 15 is 0 Å². The Hall–Kier alpha value is -1.45. The summed E-state index contributed by atoms with van der Waals surface area (Å²) in [7, 11) is 0. The molecule has 1 atom stereocenters. The van der Waals surface area contributed by atoms with Crippen LogP contribution in [0.1, 0.15) is 18.7 Å². The van der Waals surface area contributed by atoms with E-state index in [1.807, 2.05) is 13.0 Å². The third-order valence-electron chi connectivity index (χ3n) is 1.30. The second kappa shape index (κ2) is 3.09. The largest absolute Gasteiger partial charge is 0.467 e. The van der Waals surface area contributed by atoms with Crippen LogP contribution in [-0.4, -0.2) is 5.96 Å². The third-order valence-corrected chi connectivity index (χ3v) is 1.30. The highest BCUT2D eigenvalue weighted by atomic mass is 16.3. The van der Waals surface area contributed by atoms with Crippen molar-refractivity contribution in [1.29, 1.82) is 0 Å². The predicted molar refractivity (Wildman–Crippen MR) is 42.9 cm³/mol. The summed E-state index contributed by atoms with van der Waals surface area (Å²) in [5, 5.41) is 0. The number of nitrogens with zero attached hydrogens (tertiary/aromatic N) is 1. The van der Waals surface area contributed by atoms with Crippen LogP contribution < -0.4 is 11.5 Å². The monoisotopic (exact) mass is 153 g/mol. The van der Waals surface area contributed by atoms with Gasteiger partial charge in [-0.3, -0.25) is 0 Å². The van der Waals surface area contributed by atoms with Crippen molar-refractivity contribution < 1.29 is 4.42 Å². The molecule has 0 fully saturated rings. The minimum Gasteiger partial charge on any atom is -0.467 e. The summed E-state index contributed by atoms with van der Waals surface area (Å²) in [6, 6.07) is 3.53. The highest BCUT2D eigenvalue weighted by Gasteiger charge is 2.04. The lowest BCUT2D eigenvalue weighted by molar-refractivity contribution is 0.480. The number of hydrogen-bond acceptors (Lipinski definition) is 2. The fraction of sp³-hybridized carbons (Fsp3) is 0.286. The van der Waals surface area contributed by atoms with Gasteiger partial charge in [-0.05, 0) is 19.1 Å². The van der Waals surface area contributed by atoms with E-state index in [9.17, 15) is 0 Å². The van der Waals surface area contributed by atoms with Gasteiger partial charge in [-0.25, -0.2) is 4.99 Å². The molecule has 4 nitrogen and oxygen atoms in total. The molecule has 0 radical (unpaired) electrons. The third kappa shape index (κ3) is 2.00. The highest BCUT2D eigenvalue weighted by molar-refractivity contribution is 5.75. The van der Waals surface area contributed by atoms with Crippen molar-refractivity contribution in [3.05, 3.63) is 24.2 Å². The van der Waals surface area contributed by atoms with Crippen LogP contribution in [0, 0.1) is 0 Å². The van der Waals surface area contributed by atoms with Gasteiger partial charge >= 0.3 is 0 Å². The van der Waals surface area contributed by atoms with Crippen LogP contribution in [0.4, 0.5) is 0 Å². The molecule has 0 aliphatic rings. The van der Waals surface area contributed by atoms with Crippen LogP contribution in [0.2, 0.25) is 0 Å². The summed E-state index contributed by atoms with van der Waals surface area (Å²) >= 11 is 0. The first-order chi connectivity index (χ1) is 5.20. The number of nitrogens with two attached hydrogens (primary N) is 2. The Morgan fingerprint density at radius 3 is 2.82 bits per heavy atom. The van der Waals surface area contributed by atoms with E-state index in [-0.39, 0.29) is 12.0 Å². The van der Waals surface area contributed by atoms with Gasteiger partial charge in [0.05, 0.1) is 6.26 Å². The molecular weight excluding hydrogens is 142 g/mol. The molecule has 1 aromatic heterocycles. The molecular formula is C7H11N3O. The number of furan rings is 1. The average molecular weight is 153 g/mol. The van der Waals surface area contributed by atoms with Crippen LogP contribution in [0.5, 0.6) is 0 Å². The van der Waals surface area contributed by atoms with E-state index in [1.54, 1.807) is 12.3 Å². The summed E-state index contributed by atoms with van der Waals surface area (Å²) in [4.78, 5) is 3.90. The minimum absolute atomic E-state index is 0.0777. The Morgan fingerprint density at radius 1 is 1.64 bits per heavy atom. The summed E-state index contributed by atoms with van der Waals surface area (Å²) in [6.45, 7) is 1.86. The van der Waals surface area contributed by atoms with Crippen molar-refractivity contribution in [2.24, 2.45) is 16.5 Å². The van der Waals surface area contributed by atoms with Gasteiger partial charge in [0.25, 0.3) is 0 Å². The van der Waals surface area contributed by atoms with Crippen LogP contribution in [0.15, 0.2) is 27.8 Å². The van der Waals surface area contributed by atoms with Crippen molar-refractivity contribution in [3.63, 3.8) is 0 Å². The molecule has 1 rings (SSSR count). The Balaban J connectivity index is 2.71. The van der Waals surface area contributed by atoms with Gasteiger partial charge in [0.1, 0.15) is 11.8 Å². The van der Waals surface area contributed by atoms with Crippen molar-refractivity contribution in [1.82, 2.24) is 0 Å². The second-order valence-electron chi connectivity index (χ2n) is 2.25. The lowest BCUT2D eigenvalue weighted by Crippen LogP contribution is -2.23. The zero-order valence-corrected chi connectivity index (χ0v) is 6.32. The fourth-order valence-corrected chi connectivity index (χ4v) is 0.816. The Labute approximate surface area is 64.9 Å². The second-order valence-corrected chi connectivity index (χ2v) is 2.25. The molecule has 4 heteroatoms. The first-order valence-corrected chi connectivity index (χ1v) is 3.32. The SMILES string of the molecule is C[C@@H](N=C(N)N)c1ccco1. The number of guanidine groups is 1. The van der Waals surface area contributed by atoms with E-state index in [0.717, 1.165) is 5.76 Å². The molecule has 60 valence electrons. The summed E-state index contributed by atoms with van der Waals surface area (Å²) < 4.78 is 5.08. The van der Waals surface area contributed by atoms with Gasteiger partial charge in [0.15, 0.2) is 5.96 Å². The van der Waals surface area contributed by atoms with Gasteiger partial charge in [-0.15, -0.1) is 0 Å². The summed E-state index contributed by atoms with van der Waals surface area (Å²) in [5.74, 6) is 0.840. The molecule has 1 aromatic rings. The van der Waals surface area contributed by atoms with Crippen LogP contribution in [0.3, 0.4) is 0 Å². The molecule has 0 unspecified atom stereocenters. The van der Waals surface area contributed by atoms with Crippen LogP contribution in [-0.2, 0) is 0 Å². The van der Waals surface area contributed by atoms with Crippen LogP contribution in [0.25, 0.3) is 0 Å². The molecule has 0 aromatic carbocycles. The zero-order chi connectivity index (χ0) is 8.27. The Kier molecular flexibility index (Phi) is 2.15. The maximum Gasteiger partial charge on any atom is 0.186 e. The molecule has 0 amide bonds. The molecule has 0 aliphatic carbocycles. The smallest absolute Gasteiger partial charge is 0.186 e. The molecule has 1 heterocycles. The van der Waals surface area contributed by atoms with Gasteiger partial charge < -0.3 is 15.9 Å². The Bertz CT molecular complexity index is 236. The highest BCUT2D eigenvalue weighted by Crippen LogP contribution is 2.15. The number of hydrogen-bond donors (Lipinski definition) is 2. The van der Waals surface area contributed by atoms with E-state index in [2.05, 4.69) is 4.99 Å². The van der Waals surface area contributed by atoms with Crippen molar-refractivity contribution in [3.8, 4) is 0 Å². The lowest BCUT2D eigenvalue weighted by Gasteiger charge is -2.00. The summed E-state index contributed by atoms with van der Waals surface area (Å²) in [5.41, 5.74) is 10.4. The van der Waals surface area contributed by atoms with Crippen molar-refractivity contribution >= 4 is 5.96 Å². The molecule has 0 saturated carbocycles. The quantitative estimate of drug-likeness (QED) is 0.482. The zero-order valence-electron chi connectivity index (χ0n) is 6.32. The number of aliphatic imine (C=N–C) groups is 1. The topological polar surface area (TPSA) is 77.5 Å². The first-order valence-electron chi connectivity index (χ1n) is 3.32. The maximum absolute atomic E-state index is 5.19. The maximum atomic E-state index is 5.19. The number of rotatable bonds is 2. The van der Waals surface area contributed by atoms with Gasteiger partial charge in [-0.2, -0.15) is 0 Å². The standard InChI is InChI=1S/C7H11N3O/c1-5(10-7(8)9)6-3-2-4-11-6/h2-5H,1H3,(H4,8,9,10)/t5-/m1/s1. The Morgan fingerprint density at radius 2 is 2.36 bits per heavy atom. The average Bonchev–Trinajstić information content (AvgIpc) is 2.35. The van der Waals surface area contributed by atoms with E-state index in [4.69, 9.17) is 15.9 Å². The normalized spacial score (nSPS) is 12.5. The van der Waals surface area contributed by atoms with E-state index < -0.39 is 0 Å². The van der Waals surface area contributed by atoms with Crippen molar-refractivity contribution in [2.75, 3.05) is 0 Å². The molecule has 4 N–H and O–H groups in total. The summed E-state index contributed by atoms with van der Waals surface area (Å²) in [6.07, 6.45) is 1.59. The lowest BCUT2D eigenvalue weighted by atomic mass is 10.3. The van der Waals surface area contributed by atoms with Gasteiger partial charge in [0.2, 0.25) is 0 Å². The fourth-order valence-electron chi connectivity index (χ4n) is 0.816. The minimum atomic E-state index is -0.102. The van der Waals surface area contributed by atoms with Crippen molar-refractivity contribution in [2.45, 2.75) is 13.0 Å².